The first-order valence-electron chi connectivity index (χ1n) is 7.01. The molecule has 2 aromatic rings. The summed E-state index contributed by atoms with van der Waals surface area (Å²) in [7, 11) is 1.99. The third-order valence-electron chi connectivity index (χ3n) is 3.99. The van der Waals surface area contributed by atoms with E-state index in [9.17, 15) is 0 Å². The lowest BCUT2D eigenvalue weighted by Gasteiger charge is -2.14. The summed E-state index contributed by atoms with van der Waals surface area (Å²) in [5, 5.41) is 8.17. The molecule has 1 heterocycles. The molecule has 1 saturated carbocycles. The van der Waals surface area contributed by atoms with Gasteiger partial charge >= 0.3 is 0 Å². The lowest BCUT2D eigenvalue weighted by molar-refractivity contribution is 0.332. The maximum atomic E-state index is 6.16. The second-order valence-corrected chi connectivity index (χ2v) is 5.66. The largest absolute Gasteiger partial charge is 0.339 e. The van der Waals surface area contributed by atoms with Gasteiger partial charge in [-0.2, -0.15) is 4.98 Å². The highest BCUT2D eigenvalue weighted by molar-refractivity contribution is 6.31. The van der Waals surface area contributed by atoms with Crippen molar-refractivity contribution in [2.75, 3.05) is 7.05 Å². The molecule has 3 rings (SSSR count). The molecule has 20 heavy (non-hydrogen) atoms. The summed E-state index contributed by atoms with van der Waals surface area (Å²) in [4.78, 5) is 4.55. The Morgan fingerprint density at radius 2 is 2.20 bits per heavy atom. The van der Waals surface area contributed by atoms with Crippen molar-refractivity contribution in [1.82, 2.24) is 15.5 Å². The van der Waals surface area contributed by atoms with Gasteiger partial charge in [0.05, 0.1) is 5.92 Å². The van der Waals surface area contributed by atoms with Crippen molar-refractivity contribution < 1.29 is 4.52 Å². The molecule has 0 amide bonds. The summed E-state index contributed by atoms with van der Waals surface area (Å²) >= 11 is 6.16. The average Bonchev–Trinajstić information content (AvgIpc) is 3.09. The fourth-order valence-corrected chi connectivity index (χ4v) is 3.11. The number of hydrogen-bond donors (Lipinski definition) is 1. The van der Waals surface area contributed by atoms with Crippen molar-refractivity contribution in [1.29, 1.82) is 0 Å². The summed E-state index contributed by atoms with van der Waals surface area (Å²) in [6.45, 7) is 0. The molecule has 1 aliphatic carbocycles. The van der Waals surface area contributed by atoms with E-state index in [2.05, 4.69) is 15.5 Å². The van der Waals surface area contributed by atoms with Crippen LogP contribution in [0.3, 0.4) is 0 Å². The van der Waals surface area contributed by atoms with Crippen molar-refractivity contribution in [2.45, 2.75) is 37.6 Å². The Kier molecular flexibility index (Phi) is 4.03. The van der Waals surface area contributed by atoms with Crippen LogP contribution in [0.5, 0.6) is 0 Å². The molecule has 2 unspecified atom stereocenters. The Labute approximate surface area is 123 Å². The molecule has 106 valence electrons. The fourth-order valence-electron chi connectivity index (χ4n) is 2.90. The molecule has 1 fully saturated rings. The zero-order valence-electron chi connectivity index (χ0n) is 11.5. The average molecular weight is 292 g/mol. The molecule has 0 radical (unpaired) electrons. The molecule has 4 nitrogen and oxygen atoms in total. The molecule has 5 heteroatoms. The van der Waals surface area contributed by atoms with Crippen LogP contribution >= 0.6 is 11.6 Å². The predicted octanol–water partition coefficient (Wildman–Crippen LogP) is 3.17. The van der Waals surface area contributed by atoms with Crippen LogP contribution in [0.15, 0.2) is 28.8 Å². The van der Waals surface area contributed by atoms with Gasteiger partial charge in [0, 0.05) is 17.5 Å². The second-order valence-electron chi connectivity index (χ2n) is 5.25. The zero-order valence-corrected chi connectivity index (χ0v) is 12.2. The van der Waals surface area contributed by atoms with Crippen molar-refractivity contribution in [3.63, 3.8) is 0 Å². The van der Waals surface area contributed by atoms with E-state index in [1.807, 2.05) is 31.3 Å². The van der Waals surface area contributed by atoms with Crippen LogP contribution in [0.2, 0.25) is 5.02 Å². The van der Waals surface area contributed by atoms with Crippen LogP contribution in [0.4, 0.5) is 0 Å². The maximum absolute atomic E-state index is 6.16. The van der Waals surface area contributed by atoms with Crippen molar-refractivity contribution in [3.8, 4) is 0 Å². The molecule has 1 N–H and O–H groups in total. The SMILES string of the molecule is CNC1CCCC1c1nc(Cc2ccccc2Cl)no1. The normalized spacial score (nSPS) is 22.3. The quantitative estimate of drug-likeness (QED) is 0.940. The van der Waals surface area contributed by atoms with E-state index in [-0.39, 0.29) is 0 Å². The Hall–Kier alpha value is -1.39. The van der Waals surface area contributed by atoms with Crippen molar-refractivity contribution in [3.05, 3.63) is 46.6 Å². The molecular weight excluding hydrogens is 274 g/mol. The number of likely N-dealkylation sites (N-methyl/N-ethyl adjacent to an activating group) is 1. The molecule has 2 atom stereocenters. The first-order valence-corrected chi connectivity index (χ1v) is 7.39. The van der Waals surface area contributed by atoms with E-state index in [0.717, 1.165) is 22.9 Å². The second kappa shape index (κ2) is 5.94. The van der Waals surface area contributed by atoms with Crippen molar-refractivity contribution >= 4 is 11.6 Å². The first kappa shape index (κ1) is 13.6. The highest BCUT2D eigenvalue weighted by Gasteiger charge is 2.31. The number of benzene rings is 1. The highest BCUT2D eigenvalue weighted by atomic mass is 35.5. The number of halogens is 1. The minimum Gasteiger partial charge on any atom is -0.339 e. The van der Waals surface area contributed by atoms with E-state index in [4.69, 9.17) is 16.1 Å². The van der Waals surface area contributed by atoms with Gasteiger partial charge in [-0.1, -0.05) is 41.4 Å². The molecule has 0 bridgehead atoms. The summed E-state index contributed by atoms with van der Waals surface area (Å²) in [5.41, 5.74) is 1.03. The fraction of sp³-hybridized carbons (Fsp3) is 0.467. The summed E-state index contributed by atoms with van der Waals surface area (Å²) < 4.78 is 5.45. The minimum absolute atomic E-state index is 0.340. The van der Waals surface area contributed by atoms with Crippen LogP contribution < -0.4 is 5.32 Å². The molecule has 1 aromatic carbocycles. The Balaban J connectivity index is 1.76. The van der Waals surface area contributed by atoms with Gasteiger partial charge in [-0.3, -0.25) is 0 Å². The Morgan fingerprint density at radius 1 is 1.35 bits per heavy atom. The number of rotatable bonds is 4. The van der Waals surface area contributed by atoms with E-state index < -0.39 is 0 Å². The Morgan fingerprint density at radius 3 is 3.00 bits per heavy atom. The molecule has 1 aromatic heterocycles. The van der Waals surface area contributed by atoms with E-state index in [0.29, 0.717) is 24.2 Å². The summed E-state index contributed by atoms with van der Waals surface area (Å²) in [5.74, 6) is 1.80. The van der Waals surface area contributed by atoms with Crippen LogP contribution in [0, 0.1) is 0 Å². The Bertz CT molecular complexity index is 584. The van der Waals surface area contributed by atoms with Gasteiger partial charge in [0.15, 0.2) is 5.82 Å². The number of aromatic nitrogens is 2. The third-order valence-corrected chi connectivity index (χ3v) is 4.36. The molecule has 0 spiro atoms. The highest BCUT2D eigenvalue weighted by Crippen LogP contribution is 2.33. The first-order chi connectivity index (χ1) is 9.78. The van der Waals surface area contributed by atoms with Gasteiger partial charge in [-0.15, -0.1) is 0 Å². The lowest BCUT2D eigenvalue weighted by Crippen LogP contribution is -2.27. The predicted molar refractivity (Wildman–Crippen MR) is 78.0 cm³/mol. The van der Waals surface area contributed by atoms with Crippen LogP contribution in [-0.2, 0) is 6.42 Å². The van der Waals surface area contributed by atoms with E-state index >= 15 is 0 Å². The lowest BCUT2D eigenvalue weighted by atomic mass is 10.0. The van der Waals surface area contributed by atoms with Gasteiger partial charge in [0.25, 0.3) is 0 Å². The van der Waals surface area contributed by atoms with Crippen LogP contribution in [0.25, 0.3) is 0 Å². The van der Waals surface area contributed by atoms with Crippen LogP contribution in [0.1, 0.15) is 42.5 Å². The number of nitrogens with zero attached hydrogens (tertiary/aromatic N) is 2. The van der Waals surface area contributed by atoms with Gasteiger partial charge in [0.2, 0.25) is 5.89 Å². The van der Waals surface area contributed by atoms with Gasteiger partial charge < -0.3 is 9.84 Å². The maximum Gasteiger partial charge on any atom is 0.231 e. The topological polar surface area (TPSA) is 51.0 Å². The van der Waals surface area contributed by atoms with E-state index in [1.165, 1.54) is 12.8 Å². The minimum atomic E-state index is 0.340. The molecule has 1 aliphatic rings. The standard InChI is InChI=1S/C15H18ClN3O/c1-17-13-8-4-6-11(13)15-18-14(19-20-15)9-10-5-2-3-7-12(10)16/h2-3,5,7,11,13,17H,4,6,8-9H2,1H3. The van der Waals surface area contributed by atoms with E-state index in [1.54, 1.807) is 0 Å². The van der Waals surface area contributed by atoms with Crippen LogP contribution in [-0.4, -0.2) is 23.2 Å². The molecule has 0 aliphatic heterocycles. The molecular formula is C15H18ClN3O. The monoisotopic (exact) mass is 291 g/mol. The third kappa shape index (κ3) is 2.72. The number of nitrogens with one attached hydrogen (secondary N) is 1. The zero-order chi connectivity index (χ0) is 13.9. The van der Waals surface area contributed by atoms with Gasteiger partial charge in [-0.05, 0) is 31.5 Å². The van der Waals surface area contributed by atoms with Crippen molar-refractivity contribution in [2.24, 2.45) is 0 Å². The van der Waals surface area contributed by atoms with Gasteiger partial charge in [0.1, 0.15) is 0 Å². The smallest absolute Gasteiger partial charge is 0.231 e. The number of hydrogen-bond acceptors (Lipinski definition) is 4. The summed E-state index contributed by atoms with van der Waals surface area (Å²) in [6, 6.07) is 8.21. The summed E-state index contributed by atoms with van der Waals surface area (Å²) in [6.07, 6.45) is 4.10. The van der Waals surface area contributed by atoms with Gasteiger partial charge in [-0.25, -0.2) is 0 Å². The molecule has 0 saturated heterocycles.